The molecule has 2 rings (SSSR count). The Hall–Kier alpha value is -2.28. The smallest absolute Gasteiger partial charge is 0.253 e. The monoisotopic (exact) mass is 289 g/mol. The van der Waals surface area contributed by atoms with E-state index in [2.05, 4.69) is 20.8 Å². The van der Waals surface area contributed by atoms with Crippen molar-refractivity contribution in [2.24, 2.45) is 5.92 Å². The van der Waals surface area contributed by atoms with Crippen LogP contribution in [0.5, 0.6) is 0 Å². The molecule has 1 heterocycles. The van der Waals surface area contributed by atoms with Gasteiger partial charge in [-0.05, 0) is 34.9 Å². The molecule has 0 fully saturated rings. The zero-order valence-corrected chi connectivity index (χ0v) is 12.1. The van der Waals surface area contributed by atoms with Crippen molar-refractivity contribution < 1.29 is 9.90 Å². The first-order valence-corrected chi connectivity index (χ1v) is 6.88. The largest absolute Gasteiger partial charge is 0.393 e. The van der Waals surface area contributed by atoms with Gasteiger partial charge in [0.05, 0.1) is 17.4 Å². The van der Waals surface area contributed by atoms with Crippen LogP contribution in [-0.4, -0.2) is 43.9 Å². The molecule has 0 bridgehead atoms. The van der Waals surface area contributed by atoms with Gasteiger partial charge in [-0.3, -0.25) is 4.79 Å². The van der Waals surface area contributed by atoms with E-state index in [0.29, 0.717) is 24.2 Å². The topological polar surface area (TPSA) is 92.9 Å². The molecular weight excluding hydrogens is 270 g/mol. The summed E-state index contributed by atoms with van der Waals surface area (Å²) < 4.78 is 1.44. The van der Waals surface area contributed by atoms with E-state index in [1.807, 2.05) is 19.9 Å². The molecule has 2 N–H and O–H groups in total. The van der Waals surface area contributed by atoms with Crippen molar-refractivity contribution in [3.63, 3.8) is 0 Å². The van der Waals surface area contributed by atoms with Gasteiger partial charge >= 0.3 is 0 Å². The summed E-state index contributed by atoms with van der Waals surface area (Å²) in [5.41, 5.74) is 1.10. The Bertz CT molecular complexity index is 583. The lowest BCUT2D eigenvalue weighted by Crippen LogP contribution is -2.29. The molecular formula is C14H19N5O2. The summed E-state index contributed by atoms with van der Waals surface area (Å²) in [4.78, 5) is 12.2. The summed E-state index contributed by atoms with van der Waals surface area (Å²) in [6.45, 7) is 4.31. The molecule has 1 amide bonds. The minimum Gasteiger partial charge on any atom is -0.393 e. The maximum absolute atomic E-state index is 12.2. The number of aliphatic hydroxyl groups excluding tert-OH is 1. The van der Waals surface area contributed by atoms with Gasteiger partial charge in [0.25, 0.3) is 5.91 Å². The maximum Gasteiger partial charge on any atom is 0.253 e. The van der Waals surface area contributed by atoms with Gasteiger partial charge in [0.1, 0.15) is 6.33 Å². The number of aromatic nitrogens is 4. The SMILES string of the molecule is CC(C)C(O)CCNC(=O)c1ccccc1-n1cnnn1. The first kappa shape index (κ1) is 15.1. The number of hydrogen-bond acceptors (Lipinski definition) is 5. The average molecular weight is 289 g/mol. The fraction of sp³-hybridized carbons (Fsp3) is 0.429. The van der Waals surface area contributed by atoms with Gasteiger partial charge in [-0.15, -0.1) is 5.10 Å². The Balaban J connectivity index is 2.03. The standard InChI is InChI=1S/C14H19N5O2/c1-10(2)13(20)7-8-15-14(21)11-5-3-4-6-12(11)19-9-16-17-18-19/h3-6,9-10,13,20H,7-8H2,1-2H3,(H,15,21). The molecule has 0 aliphatic rings. The number of hydrogen-bond donors (Lipinski definition) is 2. The fourth-order valence-electron chi connectivity index (χ4n) is 1.90. The Labute approximate surface area is 123 Å². The number of nitrogens with zero attached hydrogens (tertiary/aromatic N) is 4. The molecule has 0 radical (unpaired) electrons. The van der Waals surface area contributed by atoms with Crippen molar-refractivity contribution >= 4 is 5.91 Å². The van der Waals surface area contributed by atoms with Crippen molar-refractivity contribution in [2.45, 2.75) is 26.4 Å². The molecule has 112 valence electrons. The van der Waals surface area contributed by atoms with E-state index in [0.717, 1.165) is 0 Å². The molecule has 21 heavy (non-hydrogen) atoms. The van der Waals surface area contributed by atoms with Crippen LogP contribution in [-0.2, 0) is 0 Å². The predicted octanol–water partition coefficient (Wildman–Crippen LogP) is 0.799. The first-order valence-electron chi connectivity index (χ1n) is 6.88. The average Bonchev–Trinajstić information content (AvgIpc) is 3.01. The molecule has 1 aromatic heterocycles. The van der Waals surface area contributed by atoms with Gasteiger partial charge in [0, 0.05) is 6.54 Å². The highest BCUT2D eigenvalue weighted by molar-refractivity contribution is 5.97. The third-order valence-corrected chi connectivity index (χ3v) is 3.24. The highest BCUT2D eigenvalue weighted by Crippen LogP contribution is 2.12. The zero-order valence-electron chi connectivity index (χ0n) is 12.1. The number of nitrogens with one attached hydrogen (secondary N) is 1. The van der Waals surface area contributed by atoms with E-state index in [4.69, 9.17) is 0 Å². The van der Waals surface area contributed by atoms with Crippen LogP contribution < -0.4 is 5.32 Å². The molecule has 0 spiro atoms. The summed E-state index contributed by atoms with van der Waals surface area (Å²) in [6.07, 6.45) is 1.55. The zero-order chi connectivity index (χ0) is 15.2. The van der Waals surface area contributed by atoms with Gasteiger partial charge in [-0.2, -0.15) is 4.68 Å². The van der Waals surface area contributed by atoms with Gasteiger partial charge in [-0.25, -0.2) is 0 Å². The van der Waals surface area contributed by atoms with Crippen molar-refractivity contribution in [2.75, 3.05) is 6.54 Å². The van der Waals surface area contributed by atoms with E-state index in [-0.39, 0.29) is 11.8 Å². The third kappa shape index (κ3) is 3.85. The molecule has 0 saturated carbocycles. The second-order valence-electron chi connectivity index (χ2n) is 5.13. The molecule has 0 aliphatic carbocycles. The lowest BCUT2D eigenvalue weighted by molar-refractivity contribution is 0.0920. The number of rotatable bonds is 6. The summed E-state index contributed by atoms with van der Waals surface area (Å²) in [7, 11) is 0. The third-order valence-electron chi connectivity index (χ3n) is 3.24. The van der Waals surface area contributed by atoms with Crippen LogP contribution in [0.3, 0.4) is 0 Å². The van der Waals surface area contributed by atoms with Crippen LogP contribution in [0.2, 0.25) is 0 Å². The number of tetrazole rings is 1. The molecule has 0 saturated heterocycles. The van der Waals surface area contributed by atoms with Crippen LogP contribution in [0.25, 0.3) is 5.69 Å². The van der Waals surface area contributed by atoms with Gasteiger partial charge in [0.15, 0.2) is 0 Å². The summed E-state index contributed by atoms with van der Waals surface area (Å²) in [5.74, 6) is -0.0348. The Morgan fingerprint density at radius 2 is 2.14 bits per heavy atom. The molecule has 7 heteroatoms. The van der Waals surface area contributed by atoms with Crippen LogP contribution in [0.4, 0.5) is 0 Å². The van der Waals surface area contributed by atoms with Gasteiger partial charge in [0.2, 0.25) is 0 Å². The van der Waals surface area contributed by atoms with Crippen molar-refractivity contribution in [3.05, 3.63) is 36.2 Å². The maximum atomic E-state index is 12.2. The molecule has 1 atom stereocenters. The number of carbonyl (C=O) groups is 1. The van der Waals surface area contributed by atoms with Crippen LogP contribution >= 0.6 is 0 Å². The van der Waals surface area contributed by atoms with E-state index in [1.165, 1.54) is 11.0 Å². The minimum absolute atomic E-state index is 0.176. The molecule has 2 aromatic rings. The van der Waals surface area contributed by atoms with E-state index in [1.54, 1.807) is 18.2 Å². The van der Waals surface area contributed by atoms with E-state index < -0.39 is 6.10 Å². The second kappa shape index (κ2) is 6.94. The number of amides is 1. The van der Waals surface area contributed by atoms with Crippen LogP contribution in [0, 0.1) is 5.92 Å². The second-order valence-corrected chi connectivity index (χ2v) is 5.13. The Morgan fingerprint density at radius 1 is 1.38 bits per heavy atom. The highest BCUT2D eigenvalue weighted by atomic mass is 16.3. The number of aliphatic hydroxyl groups is 1. The summed E-state index contributed by atoms with van der Waals surface area (Å²) in [6, 6.07) is 7.08. The van der Waals surface area contributed by atoms with Crippen molar-refractivity contribution in [3.8, 4) is 5.69 Å². The Morgan fingerprint density at radius 3 is 2.81 bits per heavy atom. The van der Waals surface area contributed by atoms with Gasteiger partial charge in [-0.1, -0.05) is 26.0 Å². The highest BCUT2D eigenvalue weighted by Gasteiger charge is 2.14. The van der Waals surface area contributed by atoms with Gasteiger partial charge < -0.3 is 10.4 Å². The van der Waals surface area contributed by atoms with Crippen molar-refractivity contribution in [1.29, 1.82) is 0 Å². The Kier molecular flexibility index (Phi) is 4.99. The number of para-hydroxylation sites is 1. The quantitative estimate of drug-likeness (QED) is 0.820. The minimum atomic E-state index is -0.417. The molecule has 0 aliphatic heterocycles. The number of benzene rings is 1. The lowest BCUT2D eigenvalue weighted by atomic mass is 10.0. The van der Waals surface area contributed by atoms with Crippen LogP contribution in [0.1, 0.15) is 30.6 Å². The van der Waals surface area contributed by atoms with Crippen LogP contribution in [0.15, 0.2) is 30.6 Å². The number of carbonyl (C=O) groups excluding carboxylic acids is 1. The van der Waals surface area contributed by atoms with E-state index in [9.17, 15) is 9.90 Å². The molecule has 1 aromatic carbocycles. The normalized spacial score (nSPS) is 12.4. The molecule has 7 nitrogen and oxygen atoms in total. The lowest BCUT2D eigenvalue weighted by Gasteiger charge is -2.15. The first-order chi connectivity index (χ1) is 10.1. The molecule has 1 unspecified atom stereocenters. The summed E-state index contributed by atoms with van der Waals surface area (Å²) >= 11 is 0. The van der Waals surface area contributed by atoms with Crippen molar-refractivity contribution in [1.82, 2.24) is 25.5 Å². The van der Waals surface area contributed by atoms with E-state index >= 15 is 0 Å². The fourth-order valence-corrected chi connectivity index (χ4v) is 1.90. The summed E-state index contributed by atoms with van der Waals surface area (Å²) in [5, 5.41) is 23.5. The predicted molar refractivity (Wildman–Crippen MR) is 76.9 cm³/mol.